The van der Waals surface area contributed by atoms with E-state index in [1.807, 2.05) is 0 Å². The zero-order valence-corrected chi connectivity index (χ0v) is 28.5. The lowest BCUT2D eigenvalue weighted by molar-refractivity contribution is -0.0399. The molecule has 11 rings (SSSR count). The number of benzene rings is 5. The highest BCUT2D eigenvalue weighted by Gasteiger charge is 2.62. The minimum atomic E-state index is 0.0722. The third-order valence-electron chi connectivity index (χ3n) is 13.9. The number of hydrogen-bond donors (Lipinski definition) is 0. The maximum absolute atomic E-state index is 2.70. The van der Waals surface area contributed by atoms with Crippen molar-refractivity contribution in [3.8, 4) is 11.1 Å². The van der Waals surface area contributed by atoms with Crippen molar-refractivity contribution in [1.82, 2.24) is 0 Å². The average molecular weight is 614 g/mol. The molecule has 236 valence electrons. The maximum atomic E-state index is 2.70. The van der Waals surface area contributed by atoms with Crippen LogP contribution < -0.4 is 4.90 Å². The van der Waals surface area contributed by atoms with E-state index in [9.17, 15) is 0 Å². The van der Waals surface area contributed by atoms with Crippen LogP contribution in [0.1, 0.15) is 94.9 Å². The van der Waals surface area contributed by atoms with Gasteiger partial charge in [-0.1, -0.05) is 113 Å². The standard InChI is InChI=1S/C46H47N/c1-44(2)22-23-45(3,4)43-38(44)18-11-21-41(43)47(39-19-9-13-31-12-5-6-14-34(31)39)40-20-10-17-37-42(40)35-15-7-8-16-36(35)46(37)32-25-29-24-30(27-32)28-33(46)26-29/h5-21,29-30,32-33H,22-28H2,1-4H3. The van der Waals surface area contributed by atoms with E-state index in [4.69, 9.17) is 0 Å². The molecule has 4 bridgehead atoms. The summed E-state index contributed by atoms with van der Waals surface area (Å²) in [6.45, 7) is 9.89. The first-order valence-electron chi connectivity index (χ1n) is 18.4. The fourth-order valence-corrected chi connectivity index (χ4v) is 12.0. The molecule has 1 nitrogen and oxygen atoms in total. The van der Waals surface area contributed by atoms with Crippen LogP contribution in [-0.2, 0) is 16.2 Å². The molecule has 0 radical (unpaired) electrons. The number of fused-ring (bicyclic) bond motifs is 5. The fraction of sp³-hybridized carbons (Fsp3) is 0.391. The molecule has 0 N–H and O–H groups in total. The smallest absolute Gasteiger partial charge is 0.0543 e. The summed E-state index contributed by atoms with van der Waals surface area (Å²) in [6, 6.07) is 40.2. The molecule has 0 unspecified atom stereocenters. The van der Waals surface area contributed by atoms with E-state index < -0.39 is 0 Å². The van der Waals surface area contributed by atoms with Crippen molar-refractivity contribution in [1.29, 1.82) is 0 Å². The van der Waals surface area contributed by atoms with Gasteiger partial charge in [-0.2, -0.15) is 0 Å². The first-order chi connectivity index (χ1) is 22.8. The van der Waals surface area contributed by atoms with Crippen LogP contribution in [-0.4, -0.2) is 0 Å². The monoisotopic (exact) mass is 613 g/mol. The van der Waals surface area contributed by atoms with E-state index in [2.05, 4.69) is 136 Å². The van der Waals surface area contributed by atoms with Gasteiger partial charge in [0.1, 0.15) is 0 Å². The molecule has 5 aromatic carbocycles. The molecule has 0 saturated heterocycles. The molecular weight excluding hydrogens is 567 g/mol. The molecule has 1 heteroatoms. The molecule has 5 aromatic rings. The minimum Gasteiger partial charge on any atom is -0.309 e. The molecule has 0 heterocycles. The van der Waals surface area contributed by atoms with Crippen molar-refractivity contribution < 1.29 is 0 Å². The molecule has 6 aliphatic rings. The summed E-state index contributed by atoms with van der Waals surface area (Å²) in [7, 11) is 0. The van der Waals surface area contributed by atoms with Crippen molar-refractivity contribution in [3.05, 3.63) is 125 Å². The van der Waals surface area contributed by atoms with E-state index in [-0.39, 0.29) is 16.2 Å². The van der Waals surface area contributed by atoms with E-state index in [0.29, 0.717) is 0 Å². The first kappa shape index (κ1) is 28.2. The molecule has 1 spiro atoms. The van der Waals surface area contributed by atoms with Crippen molar-refractivity contribution in [2.45, 2.75) is 88.9 Å². The Morgan fingerprint density at radius 1 is 0.511 bits per heavy atom. The molecule has 6 aliphatic carbocycles. The summed E-state index contributed by atoms with van der Waals surface area (Å²) in [6.07, 6.45) is 9.53. The third-order valence-corrected chi connectivity index (χ3v) is 13.9. The highest BCUT2D eigenvalue weighted by atomic mass is 15.2. The van der Waals surface area contributed by atoms with Gasteiger partial charge in [-0.3, -0.25) is 0 Å². The van der Waals surface area contributed by atoms with Crippen molar-refractivity contribution in [2.24, 2.45) is 23.7 Å². The van der Waals surface area contributed by atoms with Crippen LogP contribution in [0, 0.1) is 23.7 Å². The van der Waals surface area contributed by atoms with Gasteiger partial charge in [0.2, 0.25) is 0 Å². The molecule has 0 amide bonds. The van der Waals surface area contributed by atoms with Crippen LogP contribution >= 0.6 is 0 Å². The predicted molar refractivity (Wildman–Crippen MR) is 197 cm³/mol. The number of anilines is 3. The lowest BCUT2D eigenvalue weighted by Crippen LogP contribution is -2.55. The molecule has 4 fully saturated rings. The van der Waals surface area contributed by atoms with Gasteiger partial charge in [-0.25, -0.2) is 0 Å². The van der Waals surface area contributed by atoms with Crippen molar-refractivity contribution in [3.63, 3.8) is 0 Å². The number of hydrogen-bond acceptors (Lipinski definition) is 1. The average Bonchev–Trinajstić information content (AvgIpc) is 3.37. The Hall–Kier alpha value is -3.84. The first-order valence-corrected chi connectivity index (χ1v) is 18.4. The van der Waals surface area contributed by atoms with Crippen LogP contribution in [0.2, 0.25) is 0 Å². The van der Waals surface area contributed by atoms with E-state index in [1.54, 1.807) is 11.1 Å². The fourth-order valence-electron chi connectivity index (χ4n) is 12.0. The van der Waals surface area contributed by atoms with Gasteiger partial charge in [0.25, 0.3) is 0 Å². The summed E-state index contributed by atoms with van der Waals surface area (Å²) < 4.78 is 0. The number of nitrogens with zero attached hydrogens (tertiary/aromatic N) is 1. The molecule has 4 saturated carbocycles. The van der Waals surface area contributed by atoms with Gasteiger partial charge < -0.3 is 4.90 Å². The van der Waals surface area contributed by atoms with Gasteiger partial charge >= 0.3 is 0 Å². The highest BCUT2D eigenvalue weighted by molar-refractivity contribution is 6.03. The largest absolute Gasteiger partial charge is 0.309 e. The van der Waals surface area contributed by atoms with E-state index >= 15 is 0 Å². The van der Waals surface area contributed by atoms with Gasteiger partial charge in [0.15, 0.2) is 0 Å². The summed E-state index contributed by atoms with van der Waals surface area (Å²) in [5, 5.41) is 2.61. The van der Waals surface area contributed by atoms with Crippen LogP contribution in [0.15, 0.2) is 103 Å². The van der Waals surface area contributed by atoms with Crippen molar-refractivity contribution in [2.75, 3.05) is 4.90 Å². The zero-order valence-electron chi connectivity index (χ0n) is 28.5. The highest BCUT2D eigenvalue weighted by Crippen LogP contribution is 2.70. The normalized spacial score (nSPS) is 28.7. The Balaban J connectivity index is 1.30. The second-order valence-electron chi connectivity index (χ2n) is 17.2. The Bertz CT molecular complexity index is 2040. The zero-order chi connectivity index (χ0) is 31.7. The summed E-state index contributed by atoms with van der Waals surface area (Å²) in [5.41, 5.74) is 13.6. The van der Waals surface area contributed by atoms with Gasteiger partial charge in [-0.05, 0) is 131 Å². The second-order valence-corrected chi connectivity index (χ2v) is 17.2. The summed E-state index contributed by atoms with van der Waals surface area (Å²) in [4.78, 5) is 2.70. The Kier molecular flexibility index (Phi) is 5.77. The molecule has 0 aromatic heterocycles. The van der Waals surface area contributed by atoms with Crippen LogP contribution in [0.3, 0.4) is 0 Å². The molecular formula is C46H47N. The SMILES string of the molecule is CC1(C)CCC(C)(C)c2c(N(c3cccc4c3-c3ccccc3C43C4CC5CC(C4)CC3C5)c3cccc4ccccc34)cccc21. The van der Waals surface area contributed by atoms with Crippen LogP contribution in [0.5, 0.6) is 0 Å². The lowest BCUT2D eigenvalue weighted by Gasteiger charge is -2.61. The van der Waals surface area contributed by atoms with Gasteiger partial charge in [0, 0.05) is 16.4 Å². The molecule has 47 heavy (non-hydrogen) atoms. The molecule has 0 atom stereocenters. The topological polar surface area (TPSA) is 3.24 Å². The Morgan fingerprint density at radius 2 is 1.09 bits per heavy atom. The molecule has 0 aliphatic heterocycles. The van der Waals surface area contributed by atoms with Crippen LogP contribution in [0.4, 0.5) is 17.1 Å². The van der Waals surface area contributed by atoms with Crippen molar-refractivity contribution >= 4 is 27.8 Å². The third kappa shape index (κ3) is 3.72. The predicted octanol–water partition coefficient (Wildman–Crippen LogP) is 12.4. The number of rotatable bonds is 3. The second kappa shape index (κ2) is 9.62. The summed E-state index contributed by atoms with van der Waals surface area (Å²) in [5.74, 6) is 3.39. The summed E-state index contributed by atoms with van der Waals surface area (Å²) >= 11 is 0. The van der Waals surface area contributed by atoms with Gasteiger partial charge in [0.05, 0.1) is 17.1 Å². The van der Waals surface area contributed by atoms with E-state index in [1.165, 1.54) is 95.0 Å². The Morgan fingerprint density at radius 3 is 1.87 bits per heavy atom. The lowest BCUT2D eigenvalue weighted by atomic mass is 9.43. The van der Waals surface area contributed by atoms with Gasteiger partial charge in [-0.15, -0.1) is 0 Å². The van der Waals surface area contributed by atoms with E-state index in [0.717, 1.165) is 23.7 Å². The minimum absolute atomic E-state index is 0.0722. The Labute approximate surface area is 281 Å². The van der Waals surface area contributed by atoms with Crippen LogP contribution in [0.25, 0.3) is 21.9 Å². The maximum Gasteiger partial charge on any atom is 0.0543 e. The quantitative estimate of drug-likeness (QED) is 0.196.